The smallest absolute Gasteiger partial charge is 0.226 e. The lowest BCUT2D eigenvalue weighted by Gasteiger charge is -2.15. The van der Waals surface area contributed by atoms with E-state index in [2.05, 4.69) is 0 Å². The lowest BCUT2D eigenvalue weighted by Crippen LogP contribution is -2.11. The molecule has 0 amide bonds. The van der Waals surface area contributed by atoms with E-state index in [0.717, 1.165) is 28.6 Å². The summed E-state index contributed by atoms with van der Waals surface area (Å²) in [6.07, 6.45) is 3.22. The Kier molecular flexibility index (Phi) is 4.22. The van der Waals surface area contributed by atoms with Gasteiger partial charge in [0, 0.05) is 29.4 Å². The zero-order valence-corrected chi connectivity index (χ0v) is 11.7. The minimum atomic E-state index is -0.0540. The maximum Gasteiger partial charge on any atom is 0.226 e. The molecule has 0 radical (unpaired) electrons. The van der Waals surface area contributed by atoms with Crippen molar-refractivity contribution in [3.63, 3.8) is 0 Å². The first kappa shape index (κ1) is 13.6. The fourth-order valence-electron chi connectivity index (χ4n) is 1.93. The van der Waals surface area contributed by atoms with Gasteiger partial charge in [-0.05, 0) is 18.6 Å². The van der Waals surface area contributed by atoms with E-state index in [9.17, 15) is 9.59 Å². The van der Waals surface area contributed by atoms with Crippen LogP contribution in [0.25, 0.3) is 0 Å². The molecule has 0 saturated carbocycles. The number of carbonyl (C=O) groups is 2. The standard InChI is InChI=1S/C15H15NO2S/c1-3-14-13(10-17)12(15(18)19-14)9-16(2)11-7-5-4-6-8-11/h4-10H,3H2,1-2H3. The first-order valence-corrected chi connectivity index (χ1v) is 6.89. The largest absolute Gasteiger partial charge is 0.350 e. The number of anilines is 1. The van der Waals surface area contributed by atoms with Gasteiger partial charge >= 0.3 is 0 Å². The molecule has 1 aliphatic heterocycles. The molecule has 0 N–H and O–H groups in total. The molecule has 1 aromatic rings. The molecule has 19 heavy (non-hydrogen) atoms. The van der Waals surface area contributed by atoms with Gasteiger partial charge in [0.1, 0.15) is 0 Å². The molecule has 0 spiro atoms. The minimum absolute atomic E-state index is 0.0540. The predicted molar refractivity (Wildman–Crippen MR) is 78.9 cm³/mol. The molecule has 2 rings (SSSR count). The Balaban J connectivity index is 2.35. The Labute approximate surface area is 117 Å². The second-order valence-corrected chi connectivity index (χ2v) is 5.25. The number of thioether (sulfide) groups is 1. The SMILES string of the molecule is CCC1=C(C=O)C(=CN(C)c2ccccc2)C(=O)S1. The minimum Gasteiger partial charge on any atom is -0.350 e. The highest BCUT2D eigenvalue weighted by Crippen LogP contribution is 2.38. The molecule has 0 bridgehead atoms. The van der Waals surface area contributed by atoms with E-state index in [0.29, 0.717) is 17.6 Å². The van der Waals surface area contributed by atoms with Gasteiger partial charge in [0.25, 0.3) is 0 Å². The van der Waals surface area contributed by atoms with Gasteiger partial charge in [-0.2, -0.15) is 0 Å². The van der Waals surface area contributed by atoms with Crippen molar-refractivity contribution in [2.24, 2.45) is 0 Å². The predicted octanol–water partition coefficient (Wildman–Crippen LogP) is 3.14. The highest BCUT2D eigenvalue weighted by molar-refractivity contribution is 8.18. The number of benzene rings is 1. The molecule has 98 valence electrons. The van der Waals surface area contributed by atoms with Crippen LogP contribution in [0.3, 0.4) is 0 Å². The number of hydrogen-bond acceptors (Lipinski definition) is 4. The van der Waals surface area contributed by atoms with Gasteiger partial charge in [-0.1, -0.05) is 36.9 Å². The van der Waals surface area contributed by atoms with Crippen LogP contribution >= 0.6 is 11.8 Å². The monoisotopic (exact) mass is 273 g/mol. The van der Waals surface area contributed by atoms with Crippen molar-refractivity contribution in [3.8, 4) is 0 Å². The van der Waals surface area contributed by atoms with Crippen molar-refractivity contribution in [2.45, 2.75) is 13.3 Å². The van der Waals surface area contributed by atoms with Gasteiger partial charge in [0.15, 0.2) is 6.29 Å². The van der Waals surface area contributed by atoms with Crippen LogP contribution in [-0.2, 0) is 9.59 Å². The maximum absolute atomic E-state index is 11.9. The van der Waals surface area contributed by atoms with E-state index >= 15 is 0 Å². The molecule has 4 heteroatoms. The zero-order valence-electron chi connectivity index (χ0n) is 10.9. The molecule has 0 aromatic heterocycles. The highest BCUT2D eigenvalue weighted by Gasteiger charge is 2.27. The van der Waals surface area contributed by atoms with E-state index in [4.69, 9.17) is 0 Å². The summed E-state index contributed by atoms with van der Waals surface area (Å²) < 4.78 is 0. The summed E-state index contributed by atoms with van der Waals surface area (Å²) in [5.41, 5.74) is 1.99. The topological polar surface area (TPSA) is 37.4 Å². The molecule has 1 aliphatic rings. The number of para-hydroxylation sites is 1. The lowest BCUT2D eigenvalue weighted by atomic mass is 10.1. The molecule has 1 aromatic carbocycles. The average Bonchev–Trinajstić information content (AvgIpc) is 2.75. The Morgan fingerprint density at radius 3 is 2.53 bits per heavy atom. The van der Waals surface area contributed by atoms with Crippen molar-refractivity contribution < 1.29 is 9.59 Å². The Bertz CT molecular complexity index is 561. The molecule has 0 unspecified atom stereocenters. The van der Waals surface area contributed by atoms with Crippen LogP contribution in [-0.4, -0.2) is 18.4 Å². The third-order valence-electron chi connectivity index (χ3n) is 2.95. The van der Waals surface area contributed by atoms with E-state index < -0.39 is 0 Å². The Morgan fingerprint density at radius 2 is 1.95 bits per heavy atom. The first-order valence-electron chi connectivity index (χ1n) is 6.08. The molecule has 3 nitrogen and oxygen atoms in total. The number of rotatable bonds is 4. The summed E-state index contributed by atoms with van der Waals surface area (Å²) in [6.45, 7) is 1.95. The van der Waals surface area contributed by atoms with Crippen LogP contribution in [0.15, 0.2) is 52.6 Å². The van der Waals surface area contributed by atoms with Crippen molar-refractivity contribution in [2.75, 3.05) is 11.9 Å². The second kappa shape index (κ2) is 5.89. The summed E-state index contributed by atoms with van der Waals surface area (Å²) in [7, 11) is 1.87. The van der Waals surface area contributed by atoms with Crippen LogP contribution in [0.2, 0.25) is 0 Å². The quantitative estimate of drug-likeness (QED) is 0.624. The van der Waals surface area contributed by atoms with Crippen molar-refractivity contribution in [1.29, 1.82) is 0 Å². The van der Waals surface area contributed by atoms with E-state index in [1.807, 2.05) is 49.2 Å². The fourth-order valence-corrected chi connectivity index (χ4v) is 2.84. The van der Waals surface area contributed by atoms with Gasteiger partial charge in [0.2, 0.25) is 5.12 Å². The number of nitrogens with zero attached hydrogens (tertiary/aromatic N) is 1. The van der Waals surface area contributed by atoms with E-state index in [1.54, 1.807) is 6.20 Å². The van der Waals surface area contributed by atoms with Crippen molar-refractivity contribution in [1.82, 2.24) is 0 Å². The van der Waals surface area contributed by atoms with Crippen LogP contribution < -0.4 is 4.90 Å². The van der Waals surface area contributed by atoms with Crippen molar-refractivity contribution >= 4 is 28.9 Å². The third-order valence-corrected chi connectivity index (χ3v) is 4.11. The Hall–Kier alpha value is -1.81. The molecule has 0 aliphatic carbocycles. The lowest BCUT2D eigenvalue weighted by molar-refractivity contribution is -0.109. The van der Waals surface area contributed by atoms with Crippen LogP contribution in [0.4, 0.5) is 5.69 Å². The van der Waals surface area contributed by atoms with Crippen molar-refractivity contribution in [3.05, 3.63) is 52.6 Å². The second-order valence-electron chi connectivity index (χ2n) is 4.19. The molecule has 1 heterocycles. The van der Waals surface area contributed by atoms with Gasteiger partial charge in [-0.15, -0.1) is 0 Å². The van der Waals surface area contributed by atoms with Gasteiger partial charge in [-0.3, -0.25) is 9.59 Å². The number of allylic oxidation sites excluding steroid dienone is 2. The molecular formula is C15H15NO2S. The summed E-state index contributed by atoms with van der Waals surface area (Å²) in [5, 5.41) is -0.0540. The summed E-state index contributed by atoms with van der Waals surface area (Å²) in [4.78, 5) is 25.8. The molecule has 0 atom stereocenters. The third kappa shape index (κ3) is 2.79. The van der Waals surface area contributed by atoms with Crippen LogP contribution in [0.5, 0.6) is 0 Å². The van der Waals surface area contributed by atoms with Crippen LogP contribution in [0, 0.1) is 0 Å². The maximum atomic E-state index is 11.9. The number of aldehydes is 1. The number of hydrogen-bond donors (Lipinski definition) is 0. The zero-order chi connectivity index (χ0) is 13.8. The molecule has 0 saturated heterocycles. The molecular weight excluding hydrogens is 258 g/mol. The molecule has 0 fully saturated rings. The highest BCUT2D eigenvalue weighted by atomic mass is 32.2. The van der Waals surface area contributed by atoms with Gasteiger partial charge in [0.05, 0.1) is 5.57 Å². The average molecular weight is 273 g/mol. The van der Waals surface area contributed by atoms with E-state index in [-0.39, 0.29) is 5.12 Å². The Morgan fingerprint density at radius 1 is 1.26 bits per heavy atom. The summed E-state index contributed by atoms with van der Waals surface area (Å²) in [6, 6.07) is 9.71. The van der Waals surface area contributed by atoms with Crippen LogP contribution in [0.1, 0.15) is 13.3 Å². The fraction of sp³-hybridized carbons (Fsp3) is 0.200. The van der Waals surface area contributed by atoms with Gasteiger partial charge in [-0.25, -0.2) is 0 Å². The number of carbonyl (C=O) groups excluding carboxylic acids is 2. The normalized spacial score (nSPS) is 17.2. The summed E-state index contributed by atoms with van der Waals surface area (Å²) >= 11 is 1.16. The van der Waals surface area contributed by atoms with E-state index in [1.165, 1.54) is 0 Å². The van der Waals surface area contributed by atoms with Gasteiger partial charge < -0.3 is 4.90 Å². The summed E-state index contributed by atoms with van der Waals surface area (Å²) in [5.74, 6) is 0. The first-order chi connectivity index (χ1) is 9.17.